The Balaban J connectivity index is 1.93. The number of hydrogen-bond acceptors (Lipinski definition) is 4. The normalized spacial score (nSPS) is 16.9. The summed E-state index contributed by atoms with van der Waals surface area (Å²) >= 11 is 1.75. The first-order valence-electron chi connectivity index (χ1n) is 7.30. The van der Waals surface area contributed by atoms with Gasteiger partial charge in [0.05, 0.1) is 4.90 Å². The predicted octanol–water partition coefficient (Wildman–Crippen LogP) is 2.01. The molecule has 0 heterocycles. The first-order valence-corrected chi connectivity index (χ1v) is 10.0. The number of nitrogens with one attached hydrogen (secondary N) is 2. The van der Waals surface area contributed by atoms with Crippen molar-refractivity contribution in [1.29, 1.82) is 0 Å². The summed E-state index contributed by atoms with van der Waals surface area (Å²) in [5, 5.41) is 3.11. The van der Waals surface area contributed by atoms with Crippen molar-refractivity contribution in [2.45, 2.75) is 35.3 Å². The molecule has 1 aromatic carbocycles. The van der Waals surface area contributed by atoms with Gasteiger partial charge in [0.25, 0.3) is 0 Å². The van der Waals surface area contributed by atoms with Crippen LogP contribution in [-0.2, 0) is 16.4 Å². The summed E-state index contributed by atoms with van der Waals surface area (Å²) in [6.45, 7) is 1.50. The monoisotopic (exact) mass is 328 g/mol. The van der Waals surface area contributed by atoms with Gasteiger partial charge in [-0.2, -0.15) is 11.8 Å². The Morgan fingerprint density at radius 2 is 1.90 bits per heavy atom. The van der Waals surface area contributed by atoms with E-state index in [1.54, 1.807) is 23.9 Å². The lowest BCUT2D eigenvalue weighted by molar-refractivity contribution is 0.579. The van der Waals surface area contributed by atoms with E-state index < -0.39 is 10.0 Å². The second-order valence-electron chi connectivity index (χ2n) is 5.56. The van der Waals surface area contributed by atoms with Crippen LogP contribution in [-0.4, -0.2) is 39.6 Å². The van der Waals surface area contributed by atoms with Gasteiger partial charge >= 0.3 is 0 Å². The molecule has 0 amide bonds. The molecule has 0 bridgehead atoms. The molecule has 1 fully saturated rings. The Morgan fingerprint density at radius 3 is 2.43 bits per heavy atom. The second kappa shape index (κ2) is 7.13. The Kier molecular flexibility index (Phi) is 5.71. The fourth-order valence-corrected chi connectivity index (χ4v) is 4.15. The average Bonchev–Trinajstić information content (AvgIpc) is 3.27. The largest absolute Gasteiger partial charge is 0.320 e. The standard InChI is InChI=1S/C15H24N2O2S2/c1-16-11-3-4-13-5-7-14(8-6-13)21(18,19)17-12-15(20-2)9-10-15/h5-8,16-17H,3-4,9-12H2,1-2H3. The molecule has 1 aromatic rings. The van der Waals surface area contributed by atoms with Crippen LogP contribution >= 0.6 is 11.8 Å². The van der Waals surface area contributed by atoms with Crippen LogP contribution in [0.25, 0.3) is 0 Å². The summed E-state index contributed by atoms with van der Waals surface area (Å²) < 4.78 is 27.4. The molecule has 0 aliphatic heterocycles. The maximum Gasteiger partial charge on any atom is 0.240 e. The van der Waals surface area contributed by atoms with Crippen LogP contribution in [0.3, 0.4) is 0 Å². The van der Waals surface area contributed by atoms with Gasteiger partial charge in [0.2, 0.25) is 10.0 Å². The van der Waals surface area contributed by atoms with Crippen LogP contribution in [0.4, 0.5) is 0 Å². The van der Waals surface area contributed by atoms with Crippen molar-refractivity contribution in [1.82, 2.24) is 10.0 Å². The zero-order valence-corrected chi connectivity index (χ0v) is 14.3. The van der Waals surface area contributed by atoms with E-state index in [0.717, 1.165) is 32.2 Å². The summed E-state index contributed by atoms with van der Waals surface area (Å²) in [6, 6.07) is 7.22. The maximum absolute atomic E-state index is 12.3. The number of thioether (sulfide) groups is 1. The minimum absolute atomic E-state index is 0.139. The molecule has 21 heavy (non-hydrogen) atoms. The molecule has 1 aliphatic rings. The third-order valence-corrected chi connectivity index (χ3v) is 6.79. The Bertz CT molecular complexity index is 552. The van der Waals surface area contributed by atoms with E-state index in [-0.39, 0.29) is 4.75 Å². The van der Waals surface area contributed by atoms with E-state index >= 15 is 0 Å². The second-order valence-corrected chi connectivity index (χ2v) is 8.60. The number of sulfonamides is 1. The van der Waals surface area contributed by atoms with E-state index in [0.29, 0.717) is 11.4 Å². The number of rotatable bonds is 9. The van der Waals surface area contributed by atoms with Crippen LogP contribution in [0.1, 0.15) is 24.8 Å². The molecule has 118 valence electrons. The van der Waals surface area contributed by atoms with Crippen LogP contribution in [0.2, 0.25) is 0 Å². The van der Waals surface area contributed by atoms with Crippen LogP contribution < -0.4 is 10.0 Å². The van der Waals surface area contributed by atoms with Crippen LogP contribution in [0.15, 0.2) is 29.2 Å². The summed E-state index contributed by atoms with van der Waals surface area (Å²) in [6.07, 6.45) is 6.25. The van der Waals surface area contributed by atoms with E-state index in [2.05, 4.69) is 10.0 Å². The van der Waals surface area contributed by atoms with Crippen LogP contribution in [0.5, 0.6) is 0 Å². The molecular weight excluding hydrogens is 304 g/mol. The van der Waals surface area contributed by atoms with Gasteiger partial charge in [0.15, 0.2) is 0 Å². The quantitative estimate of drug-likeness (QED) is 0.681. The van der Waals surface area contributed by atoms with Gasteiger partial charge in [0.1, 0.15) is 0 Å². The molecule has 0 spiro atoms. The lowest BCUT2D eigenvalue weighted by Crippen LogP contribution is -2.31. The van der Waals surface area contributed by atoms with Crippen molar-refractivity contribution in [3.05, 3.63) is 29.8 Å². The zero-order valence-electron chi connectivity index (χ0n) is 12.7. The van der Waals surface area contributed by atoms with Crippen LogP contribution in [0, 0.1) is 0 Å². The lowest BCUT2D eigenvalue weighted by atomic mass is 10.1. The van der Waals surface area contributed by atoms with Gasteiger partial charge in [-0.3, -0.25) is 0 Å². The molecule has 2 rings (SSSR count). The highest BCUT2D eigenvalue weighted by molar-refractivity contribution is 8.00. The Hall–Kier alpha value is -0.560. The summed E-state index contributed by atoms with van der Waals surface area (Å²) in [4.78, 5) is 0.358. The van der Waals surface area contributed by atoms with Crippen molar-refractivity contribution in [2.24, 2.45) is 0 Å². The molecule has 4 nitrogen and oxygen atoms in total. The third kappa shape index (κ3) is 4.71. The van der Waals surface area contributed by atoms with E-state index in [9.17, 15) is 8.42 Å². The van der Waals surface area contributed by atoms with Gasteiger partial charge in [0, 0.05) is 11.3 Å². The smallest absolute Gasteiger partial charge is 0.240 e. The van der Waals surface area contributed by atoms with E-state index in [1.807, 2.05) is 25.4 Å². The summed E-state index contributed by atoms with van der Waals surface area (Å²) in [5.41, 5.74) is 1.17. The van der Waals surface area contributed by atoms with Crippen molar-refractivity contribution >= 4 is 21.8 Å². The van der Waals surface area contributed by atoms with Gasteiger partial charge in [-0.15, -0.1) is 0 Å². The SMILES string of the molecule is CNCCCc1ccc(S(=O)(=O)NCC2(SC)CC2)cc1. The molecular formula is C15H24N2O2S2. The first kappa shape index (κ1) is 16.8. The molecule has 0 atom stereocenters. The average molecular weight is 329 g/mol. The first-order chi connectivity index (χ1) is 10.0. The minimum atomic E-state index is -3.38. The minimum Gasteiger partial charge on any atom is -0.320 e. The molecule has 0 aromatic heterocycles. The predicted molar refractivity (Wildman–Crippen MR) is 89.4 cm³/mol. The third-order valence-electron chi connectivity index (χ3n) is 3.95. The molecule has 0 unspecified atom stereocenters. The van der Waals surface area contributed by atoms with Gasteiger partial charge in [-0.1, -0.05) is 12.1 Å². The molecule has 0 radical (unpaired) electrons. The Morgan fingerprint density at radius 1 is 1.24 bits per heavy atom. The van der Waals surface area contributed by atoms with Crippen molar-refractivity contribution in [3.8, 4) is 0 Å². The van der Waals surface area contributed by atoms with E-state index in [1.165, 1.54) is 5.56 Å². The van der Waals surface area contributed by atoms with Crippen molar-refractivity contribution in [3.63, 3.8) is 0 Å². The topological polar surface area (TPSA) is 58.2 Å². The van der Waals surface area contributed by atoms with Crippen molar-refractivity contribution < 1.29 is 8.42 Å². The highest BCUT2D eigenvalue weighted by atomic mass is 32.2. The lowest BCUT2D eigenvalue weighted by Gasteiger charge is -2.13. The number of aryl methyl sites for hydroxylation is 1. The van der Waals surface area contributed by atoms with Gasteiger partial charge < -0.3 is 5.32 Å². The number of benzene rings is 1. The molecule has 1 aliphatic carbocycles. The zero-order chi connectivity index (χ0) is 15.3. The summed E-state index contributed by atoms with van der Waals surface area (Å²) in [7, 11) is -1.45. The highest BCUT2D eigenvalue weighted by Crippen LogP contribution is 2.46. The molecule has 2 N–H and O–H groups in total. The number of hydrogen-bond donors (Lipinski definition) is 2. The molecule has 6 heteroatoms. The summed E-state index contributed by atoms with van der Waals surface area (Å²) in [5.74, 6) is 0. The van der Waals surface area contributed by atoms with Crippen molar-refractivity contribution in [2.75, 3.05) is 26.4 Å². The fourth-order valence-electron chi connectivity index (χ4n) is 2.21. The molecule has 1 saturated carbocycles. The Labute approximate surface area is 132 Å². The van der Waals surface area contributed by atoms with Gasteiger partial charge in [-0.05, 0) is 63.2 Å². The maximum atomic E-state index is 12.3. The highest BCUT2D eigenvalue weighted by Gasteiger charge is 2.42. The molecule has 0 saturated heterocycles. The van der Waals surface area contributed by atoms with E-state index in [4.69, 9.17) is 0 Å². The fraction of sp³-hybridized carbons (Fsp3) is 0.600. The van der Waals surface area contributed by atoms with Gasteiger partial charge in [-0.25, -0.2) is 13.1 Å².